The zero-order valence-electron chi connectivity index (χ0n) is 29.1. The van der Waals surface area contributed by atoms with Crippen LogP contribution in [-0.4, -0.2) is 14.4 Å². The van der Waals surface area contributed by atoms with E-state index in [0.29, 0.717) is 0 Å². The summed E-state index contributed by atoms with van der Waals surface area (Å²) in [5.74, 6) is 0.721. The van der Waals surface area contributed by atoms with Crippen molar-refractivity contribution in [3.05, 3.63) is 188 Å². The van der Waals surface area contributed by atoms with Crippen LogP contribution in [0, 0.1) is 0 Å². The number of nitrogens with zero attached hydrogens (tertiary/aromatic N) is 3. The summed E-state index contributed by atoms with van der Waals surface area (Å²) in [6.45, 7) is 0. The average molecular weight is 706 g/mol. The molecule has 4 heterocycles. The van der Waals surface area contributed by atoms with Crippen LogP contribution in [0.2, 0.25) is 0 Å². The van der Waals surface area contributed by atoms with Crippen LogP contribution in [0.4, 0.5) is 0 Å². The SMILES string of the molecule is c1ccc(-c2ncc(-c3ccc(-c4ccc5c(c4)c4c6ccccc6sc4n4c6ccccc6c(-c6ccccc6)c54)cc3)c(-c3ccccc3)n2)cc1. The van der Waals surface area contributed by atoms with Crippen LogP contribution in [0.15, 0.2) is 188 Å². The predicted molar refractivity (Wildman–Crippen MR) is 228 cm³/mol. The van der Waals surface area contributed by atoms with Gasteiger partial charge >= 0.3 is 0 Å². The summed E-state index contributed by atoms with van der Waals surface area (Å²) in [5, 5.41) is 6.39. The summed E-state index contributed by atoms with van der Waals surface area (Å²) in [5.41, 5.74) is 12.4. The van der Waals surface area contributed by atoms with Gasteiger partial charge in [0, 0.05) is 54.7 Å². The van der Waals surface area contributed by atoms with Crippen molar-refractivity contribution < 1.29 is 0 Å². The fourth-order valence-electron chi connectivity index (χ4n) is 8.17. The van der Waals surface area contributed by atoms with E-state index in [0.717, 1.165) is 33.8 Å². The van der Waals surface area contributed by atoms with Crippen LogP contribution in [0.25, 0.3) is 104 Å². The number of hydrogen-bond donors (Lipinski definition) is 0. The number of benzene rings is 7. The molecule has 0 radical (unpaired) electrons. The highest BCUT2D eigenvalue weighted by molar-refractivity contribution is 7.25. The molecule has 3 nitrogen and oxygen atoms in total. The third-order valence-corrected chi connectivity index (χ3v) is 11.8. The molecule has 252 valence electrons. The van der Waals surface area contributed by atoms with Crippen LogP contribution < -0.4 is 0 Å². The zero-order valence-corrected chi connectivity index (χ0v) is 30.0. The van der Waals surface area contributed by atoms with Crippen molar-refractivity contribution in [2.45, 2.75) is 0 Å². The molecule has 54 heavy (non-hydrogen) atoms. The number of fused-ring (bicyclic) bond motifs is 10. The highest BCUT2D eigenvalue weighted by Crippen LogP contribution is 2.47. The summed E-state index contributed by atoms with van der Waals surface area (Å²) in [6.07, 6.45) is 1.97. The molecule has 0 saturated heterocycles. The van der Waals surface area contributed by atoms with E-state index in [1.165, 1.54) is 69.7 Å². The molecule has 0 saturated carbocycles. The van der Waals surface area contributed by atoms with Crippen molar-refractivity contribution in [1.82, 2.24) is 14.4 Å². The molecule has 7 aromatic carbocycles. The monoisotopic (exact) mass is 705 g/mol. The number of pyridine rings is 1. The molecule has 11 rings (SSSR count). The average Bonchev–Trinajstić information content (AvgIpc) is 3.81. The Bertz CT molecular complexity index is 3180. The lowest BCUT2D eigenvalue weighted by atomic mass is 9.94. The molecule has 0 fully saturated rings. The topological polar surface area (TPSA) is 30.2 Å². The molecule has 0 aliphatic heterocycles. The van der Waals surface area contributed by atoms with Crippen LogP contribution in [0.1, 0.15) is 0 Å². The summed E-state index contributed by atoms with van der Waals surface area (Å²) >= 11 is 1.88. The minimum Gasteiger partial charge on any atom is -0.299 e. The van der Waals surface area contributed by atoms with Gasteiger partial charge in [0.1, 0.15) is 4.83 Å². The standard InChI is InChI=1S/C50H31N3S/c1-4-14-34(15-5-1)45-39-20-10-12-22-43(39)53-48(45)38-29-28-37(30-41(38)46-40-21-11-13-23-44(40)54-50(46)53)32-24-26-33(27-25-32)42-31-51-49(36-18-8-3-9-19-36)52-47(42)35-16-6-2-7-17-35/h1-31H. The molecule has 0 aliphatic rings. The smallest absolute Gasteiger partial charge is 0.159 e. The Balaban J connectivity index is 1.11. The minimum atomic E-state index is 0.721. The molecule has 0 spiro atoms. The molecule has 0 amide bonds. The Kier molecular flexibility index (Phi) is 7.04. The summed E-state index contributed by atoms with van der Waals surface area (Å²) in [7, 11) is 0. The lowest BCUT2D eigenvalue weighted by molar-refractivity contribution is 1.18. The van der Waals surface area contributed by atoms with Gasteiger partial charge in [-0.25, -0.2) is 9.97 Å². The zero-order chi connectivity index (χ0) is 35.6. The molecule has 0 N–H and O–H groups in total. The van der Waals surface area contributed by atoms with Crippen molar-refractivity contribution in [3.63, 3.8) is 0 Å². The highest BCUT2D eigenvalue weighted by Gasteiger charge is 2.22. The number of rotatable bonds is 5. The molecule has 0 unspecified atom stereocenters. The van der Waals surface area contributed by atoms with E-state index in [4.69, 9.17) is 9.97 Å². The van der Waals surface area contributed by atoms with E-state index in [2.05, 4.69) is 162 Å². The molecule has 0 atom stereocenters. The Morgan fingerprint density at radius 3 is 1.81 bits per heavy atom. The van der Waals surface area contributed by atoms with E-state index in [-0.39, 0.29) is 0 Å². The van der Waals surface area contributed by atoms with Crippen LogP contribution in [0.3, 0.4) is 0 Å². The Labute approximate surface area is 316 Å². The third kappa shape index (κ3) is 4.81. The normalized spacial score (nSPS) is 11.7. The first-order valence-electron chi connectivity index (χ1n) is 18.2. The number of aromatic nitrogens is 3. The molecular weight excluding hydrogens is 675 g/mol. The van der Waals surface area contributed by atoms with Gasteiger partial charge in [-0.2, -0.15) is 0 Å². The van der Waals surface area contributed by atoms with E-state index in [1.807, 2.05) is 41.8 Å². The van der Waals surface area contributed by atoms with E-state index < -0.39 is 0 Å². The number of para-hydroxylation sites is 1. The fraction of sp³-hybridized carbons (Fsp3) is 0. The van der Waals surface area contributed by atoms with E-state index >= 15 is 0 Å². The highest BCUT2D eigenvalue weighted by atomic mass is 32.1. The maximum Gasteiger partial charge on any atom is 0.159 e. The lowest BCUT2D eigenvalue weighted by Gasteiger charge is -2.13. The third-order valence-electron chi connectivity index (χ3n) is 10.7. The molecule has 0 aliphatic carbocycles. The Hall–Kier alpha value is -6.88. The van der Waals surface area contributed by atoms with Gasteiger partial charge < -0.3 is 0 Å². The first kappa shape index (κ1) is 30.7. The second kappa shape index (κ2) is 12.4. The van der Waals surface area contributed by atoms with Crippen LogP contribution >= 0.6 is 11.3 Å². The largest absolute Gasteiger partial charge is 0.299 e. The van der Waals surface area contributed by atoms with Gasteiger partial charge in [-0.05, 0) is 45.8 Å². The first-order valence-corrected chi connectivity index (χ1v) is 19.1. The molecule has 0 bridgehead atoms. The fourth-order valence-corrected chi connectivity index (χ4v) is 9.41. The summed E-state index contributed by atoms with van der Waals surface area (Å²) in [6, 6.07) is 65.1. The first-order chi connectivity index (χ1) is 26.8. The van der Waals surface area contributed by atoms with Crippen molar-refractivity contribution in [2.75, 3.05) is 0 Å². The van der Waals surface area contributed by atoms with Crippen molar-refractivity contribution >= 4 is 58.8 Å². The molecule has 4 heteroatoms. The van der Waals surface area contributed by atoms with Gasteiger partial charge in [0.25, 0.3) is 0 Å². The maximum absolute atomic E-state index is 5.11. The maximum atomic E-state index is 5.11. The summed E-state index contributed by atoms with van der Waals surface area (Å²) in [4.78, 5) is 11.2. The van der Waals surface area contributed by atoms with Gasteiger partial charge in [0.15, 0.2) is 5.82 Å². The van der Waals surface area contributed by atoms with Gasteiger partial charge in [-0.15, -0.1) is 11.3 Å². The second-order valence-electron chi connectivity index (χ2n) is 13.7. The quantitative estimate of drug-likeness (QED) is 0.178. The lowest BCUT2D eigenvalue weighted by Crippen LogP contribution is -1.96. The summed E-state index contributed by atoms with van der Waals surface area (Å²) < 4.78 is 3.81. The van der Waals surface area contributed by atoms with Gasteiger partial charge in [0.05, 0.1) is 16.7 Å². The predicted octanol–water partition coefficient (Wildman–Crippen LogP) is 13.7. The number of hydrogen-bond acceptors (Lipinski definition) is 3. The molecule has 11 aromatic rings. The van der Waals surface area contributed by atoms with E-state index in [9.17, 15) is 0 Å². The Morgan fingerprint density at radius 2 is 1.06 bits per heavy atom. The van der Waals surface area contributed by atoms with Crippen LogP contribution in [-0.2, 0) is 0 Å². The van der Waals surface area contributed by atoms with E-state index in [1.54, 1.807) is 0 Å². The molecular formula is C50H31N3S. The van der Waals surface area contributed by atoms with Crippen molar-refractivity contribution in [1.29, 1.82) is 0 Å². The van der Waals surface area contributed by atoms with Crippen LogP contribution in [0.5, 0.6) is 0 Å². The van der Waals surface area contributed by atoms with Gasteiger partial charge in [-0.1, -0.05) is 164 Å². The second-order valence-corrected chi connectivity index (χ2v) is 14.8. The van der Waals surface area contributed by atoms with Crippen molar-refractivity contribution in [3.8, 4) is 56.0 Å². The Morgan fingerprint density at radius 1 is 0.444 bits per heavy atom. The van der Waals surface area contributed by atoms with Gasteiger partial charge in [-0.3, -0.25) is 4.40 Å². The van der Waals surface area contributed by atoms with Crippen molar-refractivity contribution in [2.24, 2.45) is 0 Å². The minimum absolute atomic E-state index is 0.721. The number of thiophene rings is 1. The van der Waals surface area contributed by atoms with Gasteiger partial charge in [0.2, 0.25) is 0 Å². The molecule has 4 aromatic heterocycles.